The van der Waals surface area contributed by atoms with Crippen LogP contribution in [0.4, 0.5) is 5.95 Å². The van der Waals surface area contributed by atoms with Crippen molar-refractivity contribution < 1.29 is 4.79 Å². The molecule has 0 spiro atoms. The first-order chi connectivity index (χ1) is 15.6. The van der Waals surface area contributed by atoms with Crippen molar-refractivity contribution in [2.45, 2.75) is 13.3 Å². The maximum Gasteiger partial charge on any atom is 0.252 e. The molecule has 1 aliphatic heterocycles. The third-order valence-corrected chi connectivity index (χ3v) is 5.60. The van der Waals surface area contributed by atoms with Gasteiger partial charge in [0, 0.05) is 22.6 Å². The average Bonchev–Trinajstić information content (AvgIpc) is 3.13. The summed E-state index contributed by atoms with van der Waals surface area (Å²) in [5, 5.41) is 15.8. The molecule has 0 bridgehead atoms. The van der Waals surface area contributed by atoms with Crippen molar-refractivity contribution >= 4 is 29.0 Å². The number of fused-ring (bicyclic) bond motifs is 3. The summed E-state index contributed by atoms with van der Waals surface area (Å²) in [4.78, 5) is 13.0. The van der Waals surface area contributed by atoms with Crippen LogP contribution in [0.2, 0.25) is 5.02 Å². The molecular formula is C25H20ClN5O. The maximum atomic E-state index is 13.0. The average molecular weight is 442 g/mol. The van der Waals surface area contributed by atoms with Crippen molar-refractivity contribution in [1.29, 1.82) is 0 Å². The normalized spacial score (nSPS) is 12.6. The van der Waals surface area contributed by atoms with Crippen LogP contribution >= 0.6 is 11.6 Å². The fourth-order valence-corrected chi connectivity index (χ4v) is 3.99. The van der Waals surface area contributed by atoms with E-state index in [0.29, 0.717) is 17.4 Å². The molecule has 1 aliphatic rings. The largest absolute Gasteiger partial charge is 0.297 e. The van der Waals surface area contributed by atoms with Crippen LogP contribution in [0, 0.1) is 6.92 Å². The summed E-state index contributed by atoms with van der Waals surface area (Å²) >= 11 is 6.12. The Morgan fingerprint density at radius 1 is 0.906 bits per heavy atom. The molecule has 0 amide bonds. The Balaban J connectivity index is 1.61. The lowest BCUT2D eigenvalue weighted by Crippen LogP contribution is -2.28. The van der Waals surface area contributed by atoms with Crippen molar-refractivity contribution in [3.63, 3.8) is 0 Å². The summed E-state index contributed by atoms with van der Waals surface area (Å²) in [6, 6.07) is 25.2. The fraction of sp³-hybridized carbons (Fsp3) is 0.120. The van der Waals surface area contributed by atoms with Gasteiger partial charge in [0.25, 0.3) is 5.95 Å². The Morgan fingerprint density at radius 3 is 2.41 bits per heavy atom. The van der Waals surface area contributed by atoms with Crippen LogP contribution in [0.3, 0.4) is 0 Å². The quantitative estimate of drug-likeness (QED) is 0.453. The number of hydrogen-bond acceptors (Lipinski definition) is 5. The highest BCUT2D eigenvalue weighted by Crippen LogP contribution is 2.29. The summed E-state index contributed by atoms with van der Waals surface area (Å²) in [6.07, 6.45) is 0.323. The lowest BCUT2D eigenvalue weighted by molar-refractivity contribution is -0.117. The van der Waals surface area contributed by atoms with Gasteiger partial charge in [0.05, 0.1) is 5.69 Å². The molecule has 2 heterocycles. The number of aryl methyl sites for hydroxylation is 1. The summed E-state index contributed by atoms with van der Waals surface area (Å²) in [5.74, 6) is 1.27. The summed E-state index contributed by atoms with van der Waals surface area (Å²) in [7, 11) is 0. The molecule has 0 saturated carbocycles. The second-order valence-electron chi connectivity index (χ2n) is 7.61. The Hall–Kier alpha value is -3.77. The number of carbonyl (C=O) groups is 1. The van der Waals surface area contributed by atoms with E-state index in [4.69, 9.17) is 16.7 Å². The number of Topliss-reactive ketones (excluding diaryl/α,β-unsaturated/α-hetero) is 1. The second kappa shape index (κ2) is 8.40. The predicted molar refractivity (Wildman–Crippen MR) is 126 cm³/mol. The van der Waals surface area contributed by atoms with Crippen molar-refractivity contribution in [1.82, 2.24) is 14.8 Å². The van der Waals surface area contributed by atoms with Gasteiger partial charge >= 0.3 is 0 Å². The van der Waals surface area contributed by atoms with E-state index in [9.17, 15) is 4.79 Å². The van der Waals surface area contributed by atoms with Crippen molar-refractivity contribution in [3.8, 4) is 5.69 Å². The van der Waals surface area contributed by atoms with Gasteiger partial charge in [-0.25, -0.2) is 5.01 Å². The molecule has 6 nitrogen and oxygen atoms in total. The molecule has 0 radical (unpaired) electrons. The Labute approximate surface area is 190 Å². The SMILES string of the molecule is Cc1nnc2n1-c1ccccc1C(c1ccc(Cl)cc1)=NN2CC(=O)Cc1ccccc1. The number of rotatable bonds is 5. The molecule has 4 aromatic rings. The molecule has 0 atom stereocenters. The number of aromatic nitrogens is 3. The van der Waals surface area contributed by atoms with Gasteiger partial charge in [-0.1, -0.05) is 72.3 Å². The van der Waals surface area contributed by atoms with E-state index >= 15 is 0 Å². The Morgan fingerprint density at radius 2 is 1.62 bits per heavy atom. The number of carbonyl (C=O) groups excluding carboxylic acids is 1. The number of anilines is 1. The Bertz CT molecular complexity index is 1310. The molecule has 5 rings (SSSR count). The molecule has 0 N–H and O–H groups in total. The van der Waals surface area contributed by atoms with Gasteiger partial charge in [-0.15, -0.1) is 10.2 Å². The van der Waals surface area contributed by atoms with E-state index in [2.05, 4.69) is 10.2 Å². The third-order valence-electron chi connectivity index (χ3n) is 5.35. The second-order valence-corrected chi connectivity index (χ2v) is 8.05. The zero-order valence-electron chi connectivity index (χ0n) is 17.4. The first kappa shape index (κ1) is 20.2. The number of benzene rings is 3. The van der Waals surface area contributed by atoms with E-state index < -0.39 is 0 Å². The minimum Gasteiger partial charge on any atom is -0.297 e. The van der Waals surface area contributed by atoms with E-state index in [1.807, 2.05) is 90.4 Å². The van der Waals surface area contributed by atoms with Crippen molar-refractivity contribution in [3.05, 3.63) is 106 Å². The van der Waals surface area contributed by atoms with Gasteiger partial charge in [-0.2, -0.15) is 5.10 Å². The van der Waals surface area contributed by atoms with Crippen LogP contribution in [-0.4, -0.2) is 32.8 Å². The van der Waals surface area contributed by atoms with Crippen molar-refractivity contribution in [2.24, 2.45) is 5.10 Å². The predicted octanol–water partition coefficient (Wildman–Crippen LogP) is 4.61. The number of para-hydroxylation sites is 1. The number of hydrazone groups is 1. The first-order valence-corrected chi connectivity index (χ1v) is 10.7. The molecule has 0 aliphatic carbocycles. The summed E-state index contributed by atoms with van der Waals surface area (Å²) in [6.45, 7) is 1.97. The third kappa shape index (κ3) is 3.81. The lowest BCUT2D eigenvalue weighted by atomic mass is 10.0. The van der Waals surface area contributed by atoms with E-state index in [0.717, 1.165) is 33.9 Å². The minimum atomic E-state index is 0.0357. The van der Waals surface area contributed by atoms with E-state index in [1.54, 1.807) is 5.01 Å². The van der Waals surface area contributed by atoms with Crippen LogP contribution in [0.15, 0.2) is 84.0 Å². The molecule has 0 saturated heterocycles. The van der Waals surface area contributed by atoms with E-state index in [1.165, 1.54) is 0 Å². The maximum absolute atomic E-state index is 13.0. The molecule has 0 fully saturated rings. The van der Waals surface area contributed by atoms with Gasteiger partial charge < -0.3 is 0 Å². The van der Waals surface area contributed by atoms with Gasteiger partial charge in [0.1, 0.15) is 18.1 Å². The molecule has 1 aromatic heterocycles. The number of nitrogens with zero attached hydrogens (tertiary/aromatic N) is 5. The van der Waals surface area contributed by atoms with Crippen LogP contribution < -0.4 is 5.01 Å². The standard InChI is InChI=1S/C25H20ClN5O/c1-17-27-28-25-30(16-21(32)15-18-7-3-2-4-8-18)29-24(19-11-13-20(26)14-12-19)22-9-5-6-10-23(22)31(17)25/h2-14H,15-16H2,1H3. The van der Waals surface area contributed by atoms with Gasteiger partial charge in [0.2, 0.25) is 0 Å². The smallest absolute Gasteiger partial charge is 0.252 e. The van der Waals surface area contributed by atoms with Crippen molar-refractivity contribution in [2.75, 3.05) is 11.6 Å². The number of hydrogen-bond donors (Lipinski definition) is 0. The minimum absolute atomic E-state index is 0.0357. The van der Waals surface area contributed by atoms with Crippen LogP contribution in [0.25, 0.3) is 5.69 Å². The monoisotopic (exact) mass is 441 g/mol. The first-order valence-electron chi connectivity index (χ1n) is 10.3. The molecule has 0 unspecified atom stereocenters. The fourth-order valence-electron chi connectivity index (χ4n) is 3.86. The highest BCUT2D eigenvalue weighted by molar-refractivity contribution is 6.30. The topological polar surface area (TPSA) is 63.4 Å². The van der Waals surface area contributed by atoms with Crippen LogP contribution in [0.1, 0.15) is 22.5 Å². The molecule has 7 heteroatoms. The Kier molecular flexibility index (Phi) is 5.29. The lowest BCUT2D eigenvalue weighted by Gasteiger charge is -2.17. The zero-order valence-corrected chi connectivity index (χ0v) is 18.2. The van der Waals surface area contributed by atoms with Gasteiger partial charge in [0.15, 0.2) is 5.78 Å². The van der Waals surface area contributed by atoms with E-state index in [-0.39, 0.29) is 12.3 Å². The molecule has 3 aromatic carbocycles. The van der Waals surface area contributed by atoms with Crippen LogP contribution in [-0.2, 0) is 11.2 Å². The number of halogens is 1. The van der Waals surface area contributed by atoms with Gasteiger partial charge in [-0.3, -0.25) is 9.36 Å². The molecule has 158 valence electrons. The highest BCUT2D eigenvalue weighted by atomic mass is 35.5. The molecule has 32 heavy (non-hydrogen) atoms. The highest BCUT2D eigenvalue weighted by Gasteiger charge is 2.27. The number of ketones is 1. The zero-order chi connectivity index (χ0) is 22.1. The molecular weight excluding hydrogens is 422 g/mol. The summed E-state index contributed by atoms with van der Waals surface area (Å²) in [5.41, 5.74) is 4.46. The van der Waals surface area contributed by atoms with Gasteiger partial charge in [-0.05, 0) is 30.7 Å². The summed E-state index contributed by atoms with van der Waals surface area (Å²) < 4.78 is 1.94. The van der Waals surface area contributed by atoms with Crippen LogP contribution in [0.5, 0.6) is 0 Å².